The van der Waals surface area contributed by atoms with Crippen molar-refractivity contribution in [3.8, 4) is 5.69 Å². The molecule has 2 aromatic carbocycles. The maximum Gasteiger partial charge on any atom is 0.342 e. The number of nitrogens with zero attached hydrogens (tertiary/aromatic N) is 2. The van der Waals surface area contributed by atoms with Gasteiger partial charge in [-0.05, 0) is 63.1 Å². The molecule has 1 amide bonds. The lowest BCUT2D eigenvalue weighted by atomic mass is 10.1. The van der Waals surface area contributed by atoms with E-state index in [-0.39, 0.29) is 11.4 Å². The summed E-state index contributed by atoms with van der Waals surface area (Å²) < 4.78 is 19.9. The quantitative estimate of drug-likeness (QED) is 0.662. The zero-order valence-corrected chi connectivity index (χ0v) is 16.7. The van der Waals surface area contributed by atoms with Crippen LogP contribution in [0, 0.1) is 33.5 Å². The van der Waals surface area contributed by atoms with Gasteiger partial charge < -0.3 is 10.1 Å². The number of carbonyl (C=O) groups excluding carboxylic acids is 2. The molecule has 0 aliphatic heterocycles. The largest absolute Gasteiger partial charge is 0.452 e. The molecular formula is C22H22FN3O3. The van der Waals surface area contributed by atoms with Crippen molar-refractivity contribution in [2.24, 2.45) is 0 Å². The SMILES string of the molecule is Cc1cccc(C)c1NC(=O)COC(=O)c1c(C)nn(-c2ccc(F)cc2)c1C. The minimum absolute atomic E-state index is 0.286. The zero-order valence-electron chi connectivity index (χ0n) is 16.7. The fourth-order valence-electron chi connectivity index (χ4n) is 3.16. The number of ether oxygens (including phenoxy) is 1. The highest BCUT2D eigenvalue weighted by Crippen LogP contribution is 2.21. The summed E-state index contributed by atoms with van der Waals surface area (Å²) in [6.07, 6.45) is 0. The first-order valence-electron chi connectivity index (χ1n) is 9.13. The second kappa shape index (κ2) is 8.26. The molecule has 0 aliphatic rings. The van der Waals surface area contributed by atoms with Gasteiger partial charge >= 0.3 is 5.97 Å². The summed E-state index contributed by atoms with van der Waals surface area (Å²) in [6.45, 7) is 6.78. The Morgan fingerprint density at radius 1 is 1.03 bits per heavy atom. The van der Waals surface area contributed by atoms with Gasteiger partial charge in [-0.2, -0.15) is 5.10 Å². The number of hydrogen-bond donors (Lipinski definition) is 1. The van der Waals surface area contributed by atoms with E-state index in [0.717, 1.165) is 11.1 Å². The minimum Gasteiger partial charge on any atom is -0.452 e. The summed E-state index contributed by atoms with van der Waals surface area (Å²) in [7, 11) is 0. The number of hydrogen-bond acceptors (Lipinski definition) is 4. The molecule has 0 fully saturated rings. The topological polar surface area (TPSA) is 73.2 Å². The second-order valence-electron chi connectivity index (χ2n) is 6.83. The van der Waals surface area contributed by atoms with Gasteiger partial charge in [0.05, 0.1) is 17.1 Å². The first-order chi connectivity index (χ1) is 13.8. The van der Waals surface area contributed by atoms with Gasteiger partial charge in [-0.3, -0.25) is 4.79 Å². The van der Waals surface area contributed by atoms with Crippen LogP contribution >= 0.6 is 0 Å². The first-order valence-corrected chi connectivity index (χ1v) is 9.13. The van der Waals surface area contributed by atoms with E-state index in [0.29, 0.717) is 22.8 Å². The fraction of sp³-hybridized carbons (Fsp3) is 0.227. The van der Waals surface area contributed by atoms with Gasteiger partial charge in [0.25, 0.3) is 5.91 Å². The maximum atomic E-state index is 13.2. The van der Waals surface area contributed by atoms with Crippen LogP contribution in [-0.4, -0.2) is 28.3 Å². The summed E-state index contributed by atoms with van der Waals surface area (Å²) in [5, 5.41) is 7.12. The van der Waals surface area contributed by atoms with E-state index in [1.54, 1.807) is 30.7 Å². The van der Waals surface area contributed by atoms with E-state index in [4.69, 9.17) is 4.74 Å². The molecule has 1 heterocycles. The van der Waals surface area contributed by atoms with Crippen molar-refractivity contribution < 1.29 is 18.7 Å². The average molecular weight is 395 g/mol. The molecule has 1 aromatic heterocycles. The third-order valence-electron chi connectivity index (χ3n) is 4.65. The predicted molar refractivity (Wildman–Crippen MR) is 108 cm³/mol. The van der Waals surface area contributed by atoms with Gasteiger partial charge in [-0.15, -0.1) is 0 Å². The second-order valence-corrected chi connectivity index (χ2v) is 6.83. The molecule has 0 saturated heterocycles. The van der Waals surface area contributed by atoms with Crippen LogP contribution in [0.25, 0.3) is 5.69 Å². The first kappa shape index (κ1) is 20.3. The highest BCUT2D eigenvalue weighted by atomic mass is 19.1. The normalized spacial score (nSPS) is 10.7. The van der Waals surface area contributed by atoms with Crippen LogP contribution in [0.2, 0.25) is 0 Å². The van der Waals surface area contributed by atoms with E-state index < -0.39 is 18.5 Å². The van der Waals surface area contributed by atoms with E-state index in [2.05, 4.69) is 10.4 Å². The molecule has 0 spiro atoms. The summed E-state index contributed by atoms with van der Waals surface area (Å²) in [5.74, 6) is -1.41. The molecule has 0 bridgehead atoms. The average Bonchev–Trinajstić information content (AvgIpc) is 2.98. The number of esters is 1. The number of amides is 1. The van der Waals surface area contributed by atoms with Crippen LogP contribution in [-0.2, 0) is 9.53 Å². The summed E-state index contributed by atoms with van der Waals surface area (Å²) in [6, 6.07) is 11.5. The Balaban J connectivity index is 1.71. The lowest BCUT2D eigenvalue weighted by Crippen LogP contribution is -2.22. The number of carbonyl (C=O) groups is 2. The van der Waals surface area contributed by atoms with Gasteiger partial charge in [-0.25, -0.2) is 13.9 Å². The Hall–Kier alpha value is -3.48. The number of anilines is 1. The van der Waals surface area contributed by atoms with Gasteiger partial charge in [0.2, 0.25) is 0 Å². The van der Waals surface area contributed by atoms with Gasteiger partial charge in [0, 0.05) is 5.69 Å². The lowest BCUT2D eigenvalue weighted by Gasteiger charge is -2.11. The molecule has 0 saturated carbocycles. The van der Waals surface area contributed by atoms with Crippen molar-refractivity contribution >= 4 is 17.6 Å². The number of nitrogens with one attached hydrogen (secondary N) is 1. The Morgan fingerprint density at radius 2 is 1.66 bits per heavy atom. The molecule has 150 valence electrons. The summed E-state index contributed by atoms with van der Waals surface area (Å²) in [4.78, 5) is 24.8. The highest BCUT2D eigenvalue weighted by Gasteiger charge is 2.22. The van der Waals surface area contributed by atoms with Crippen LogP contribution in [0.15, 0.2) is 42.5 Å². The van der Waals surface area contributed by atoms with Crippen LogP contribution in [0.1, 0.15) is 32.9 Å². The number of halogens is 1. The summed E-state index contributed by atoms with van der Waals surface area (Å²) in [5.41, 5.74) is 4.49. The molecular weight excluding hydrogens is 373 g/mol. The Labute approximate surface area is 168 Å². The molecule has 3 rings (SSSR count). The van der Waals surface area contributed by atoms with Gasteiger partial charge in [0.1, 0.15) is 11.4 Å². The van der Waals surface area contributed by atoms with Crippen LogP contribution in [0.3, 0.4) is 0 Å². The van der Waals surface area contributed by atoms with Gasteiger partial charge in [-0.1, -0.05) is 18.2 Å². The molecule has 0 radical (unpaired) electrons. The van der Waals surface area contributed by atoms with E-state index in [1.807, 2.05) is 32.0 Å². The van der Waals surface area contributed by atoms with Crippen LogP contribution in [0.5, 0.6) is 0 Å². The number of rotatable bonds is 5. The van der Waals surface area contributed by atoms with Crippen molar-refractivity contribution in [2.75, 3.05) is 11.9 Å². The Bertz CT molecular complexity index is 1050. The molecule has 7 heteroatoms. The smallest absolute Gasteiger partial charge is 0.342 e. The van der Waals surface area contributed by atoms with Crippen molar-refractivity contribution in [3.63, 3.8) is 0 Å². The molecule has 6 nitrogen and oxygen atoms in total. The van der Waals surface area contributed by atoms with E-state index in [1.165, 1.54) is 12.1 Å². The third kappa shape index (κ3) is 4.34. The summed E-state index contributed by atoms with van der Waals surface area (Å²) >= 11 is 0. The highest BCUT2D eigenvalue weighted by molar-refractivity contribution is 5.97. The maximum absolute atomic E-state index is 13.2. The molecule has 3 aromatic rings. The van der Waals surface area contributed by atoms with Crippen LogP contribution < -0.4 is 5.32 Å². The van der Waals surface area contributed by atoms with Gasteiger partial charge in [0.15, 0.2) is 6.61 Å². The standard InChI is InChI=1S/C22H22FN3O3/c1-13-6-5-7-14(2)21(13)24-19(27)12-29-22(28)20-15(3)25-26(16(20)4)18-10-8-17(23)9-11-18/h5-11H,12H2,1-4H3,(H,24,27). The minimum atomic E-state index is -0.634. The molecule has 0 unspecified atom stereocenters. The predicted octanol–water partition coefficient (Wildman–Crippen LogP) is 4.04. The molecule has 0 atom stereocenters. The Morgan fingerprint density at radius 3 is 2.28 bits per heavy atom. The van der Waals surface area contributed by atoms with Crippen molar-refractivity contribution in [1.82, 2.24) is 9.78 Å². The Kier molecular flexibility index (Phi) is 5.77. The van der Waals surface area contributed by atoms with Crippen molar-refractivity contribution in [3.05, 3.63) is 76.4 Å². The number of benzene rings is 2. The van der Waals surface area contributed by atoms with Crippen molar-refractivity contribution in [1.29, 1.82) is 0 Å². The number of aryl methyl sites for hydroxylation is 3. The van der Waals surface area contributed by atoms with E-state index >= 15 is 0 Å². The lowest BCUT2D eigenvalue weighted by molar-refractivity contribution is -0.119. The molecule has 29 heavy (non-hydrogen) atoms. The number of para-hydroxylation sites is 1. The van der Waals surface area contributed by atoms with E-state index in [9.17, 15) is 14.0 Å². The molecule has 1 N–H and O–H groups in total. The third-order valence-corrected chi connectivity index (χ3v) is 4.65. The van der Waals surface area contributed by atoms with Crippen molar-refractivity contribution in [2.45, 2.75) is 27.7 Å². The number of aromatic nitrogens is 2. The molecule has 0 aliphatic carbocycles. The fourth-order valence-corrected chi connectivity index (χ4v) is 3.16. The zero-order chi connectivity index (χ0) is 21.1. The monoisotopic (exact) mass is 395 g/mol. The van der Waals surface area contributed by atoms with Crippen LogP contribution in [0.4, 0.5) is 10.1 Å².